The van der Waals surface area contributed by atoms with Crippen LogP contribution >= 0.6 is 0 Å². The lowest BCUT2D eigenvalue weighted by Crippen LogP contribution is -2.26. The zero-order valence-corrected chi connectivity index (χ0v) is 10.9. The molecule has 94 valence electrons. The van der Waals surface area contributed by atoms with Crippen LogP contribution in [-0.2, 0) is 11.2 Å². The van der Waals surface area contributed by atoms with Gasteiger partial charge in [-0.3, -0.25) is 0 Å². The van der Waals surface area contributed by atoms with Gasteiger partial charge in [0.2, 0.25) is 0 Å². The van der Waals surface area contributed by atoms with Gasteiger partial charge >= 0.3 is 6.16 Å². The van der Waals surface area contributed by atoms with Gasteiger partial charge < -0.3 is 9.47 Å². The highest BCUT2D eigenvalue weighted by Crippen LogP contribution is 2.21. The molecule has 3 nitrogen and oxygen atoms in total. The van der Waals surface area contributed by atoms with Crippen LogP contribution in [0.4, 0.5) is 4.79 Å². The van der Waals surface area contributed by atoms with Gasteiger partial charge in [0.25, 0.3) is 0 Å². The molecule has 17 heavy (non-hydrogen) atoms. The molecule has 0 unspecified atom stereocenters. The third-order valence-electron chi connectivity index (χ3n) is 2.07. The van der Waals surface area contributed by atoms with E-state index in [1.54, 1.807) is 6.07 Å². The van der Waals surface area contributed by atoms with E-state index in [4.69, 9.17) is 9.47 Å². The Morgan fingerprint density at radius 2 is 1.88 bits per heavy atom. The zero-order chi connectivity index (χ0) is 12.9. The summed E-state index contributed by atoms with van der Waals surface area (Å²) in [5, 5.41) is 0. The molecule has 0 atom stereocenters. The van der Waals surface area contributed by atoms with Crippen LogP contribution in [0.3, 0.4) is 0 Å². The smallest absolute Gasteiger partial charge is 0.428 e. The minimum atomic E-state index is -0.652. The van der Waals surface area contributed by atoms with Crippen molar-refractivity contribution < 1.29 is 14.3 Å². The van der Waals surface area contributed by atoms with Crippen LogP contribution in [0.2, 0.25) is 0 Å². The summed E-state index contributed by atoms with van der Waals surface area (Å²) in [6.07, 6.45) is 1.24. The molecular weight excluding hydrogens is 216 g/mol. The normalized spacial score (nSPS) is 11.1. The molecule has 1 aromatic carbocycles. The molecule has 0 N–H and O–H groups in total. The lowest BCUT2D eigenvalue weighted by Gasteiger charge is -2.19. The van der Waals surface area contributed by atoms with Crippen molar-refractivity contribution in [3.63, 3.8) is 0 Å². The highest BCUT2D eigenvalue weighted by molar-refractivity contribution is 5.65. The summed E-state index contributed by atoms with van der Waals surface area (Å²) in [6, 6.07) is 7.53. The van der Waals surface area contributed by atoms with Crippen LogP contribution in [0.25, 0.3) is 0 Å². The summed E-state index contributed by atoms with van der Waals surface area (Å²) < 4.78 is 10.3. The SMILES string of the molecule is CCCc1ccccc1OC(=O)OC(C)(C)C. The largest absolute Gasteiger partial charge is 0.514 e. The van der Waals surface area contributed by atoms with Gasteiger partial charge in [0, 0.05) is 0 Å². The van der Waals surface area contributed by atoms with E-state index < -0.39 is 11.8 Å². The van der Waals surface area contributed by atoms with Crippen molar-refractivity contribution in [3.8, 4) is 5.75 Å². The van der Waals surface area contributed by atoms with Crippen molar-refractivity contribution in [2.45, 2.75) is 46.1 Å². The third-order valence-corrected chi connectivity index (χ3v) is 2.07. The zero-order valence-electron chi connectivity index (χ0n) is 10.9. The molecule has 1 rings (SSSR count). The molecule has 0 aliphatic rings. The number of carbonyl (C=O) groups is 1. The Labute approximate surface area is 103 Å². The quantitative estimate of drug-likeness (QED) is 0.588. The first-order chi connectivity index (χ1) is 7.92. The van der Waals surface area contributed by atoms with E-state index in [9.17, 15) is 4.79 Å². The lowest BCUT2D eigenvalue weighted by atomic mass is 10.1. The molecular formula is C14H20O3. The highest BCUT2D eigenvalue weighted by Gasteiger charge is 2.18. The minimum Gasteiger partial charge on any atom is -0.428 e. The second-order valence-electron chi connectivity index (χ2n) is 4.92. The van der Waals surface area contributed by atoms with E-state index in [0.717, 1.165) is 18.4 Å². The summed E-state index contributed by atoms with van der Waals surface area (Å²) in [6.45, 7) is 7.52. The van der Waals surface area contributed by atoms with Crippen molar-refractivity contribution in [1.29, 1.82) is 0 Å². The summed E-state index contributed by atoms with van der Waals surface area (Å²) in [5.74, 6) is 0.587. The molecule has 0 radical (unpaired) electrons. The number of rotatable bonds is 3. The predicted molar refractivity (Wildman–Crippen MR) is 67.3 cm³/mol. The Morgan fingerprint density at radius 1 is 1.24 bits per heavy atom. The second kappa shape index (κ2) is 5.71. The van der Waals surface area contributed by atoms with Gasteiger partial charge in [0.05, 0.1) is 0 Å². The van der Waals surface area contributed by atoms with E-state index in [1.165, 1.54) is 0 Å². The molecule has 0 spiro atoms. The molecule has 0 heterocycles. The first-order valence-electron chi connectivity index (χ1n) is 5.91. The first kappa shape index (κ1) is 13.6. The van der Waals surface area contributed by atoms with Crippen LogP contribution < -0.4 is 4.74 Å². The predicted octanol–water partition coefficient (Wildman–Crippen LogP) is 3.95. The maximum absolute atomic E-state index is 11.5. The fourth-order valence-corrected chi connectivity index (χ4v) is 1.44. The van der Waals surface area contributed by atoms with Gasteiger partial charge in [-0.2, -0.15) is 0 Å². The van der Waals surface area contributed by atoms with Gasteiger partial charge in [-0.25, -0.2) is 4.79 Å². The second-order valence-corrected chi connectivity index (χ2v) is 4.92. The van der Waals surface area contributed by atoms with Crippen LogP contribution in [0.5, 0.6) is 5.75 Å². The van der Waals surface area contributed by atoms with E-state index in [1.807, 2.05) is 39.0 Å². The number of carbonyl (C=O) groups excluding carboxylic acids is 1. The maximum Gasteiger partial charge on any atom is 0.514 e. The molecule has 0 saturated carbocycles. The lowest BCUT2D eigenvalue weighted by molar-refractivity contribution is 0.0204. The topological polar surface area (TPSA) is 35.5 Å². The number of aryl methyl sites for hydroxylation is 1. The van der Waals surface area contributed by atoms with Crippen molar-refractivity contribution in [3.05, 3.63) is 29.8 Å². The Bertz CT molecular complexity index is 377. The van der Waals surface area contributed by atoms with Crippen LogP contribution in [0.1, 0.15) is 39.7 Å². The summed E-state index contributed by atoms with van der Waals surface area (Å²) >= 11 is 0. The molecule has 0 saturated heterocycles. The number of ether oxygens (including phenoxy) is 2. The minimum absolute atomic E-state index is 0.531. The van der Waals surface area contributed by atoms with Gasteiger partial charge in [-0.15, -0.1) is 0 Å². The Morgan fingerprint density at radius 3 is 2.47 bits per heavy atom. The number of hydrogen-bond donors (Lipinski definition) is 0. The van der Waals surface area contributed by atoms with E-state index >= 15 is 0 Å². The number of hydrogen-bond acceptors (Lipinski definition) is 3. The van der Waals surface area contributed by atoms with E-state index in [2.05, 4.69) is 6.92 Å². The van der Waals surface area contributed by atoms with Crippen molar-refractivity contribution in [1.82, 2.24) is 0 Å². The monoisotopic (exact) mass is 236 g/mol. The molecule has 1 aromatic rings. The number of benzene rings is 1. The van der Waals surface area contributed by atoms with Gasteiger partial charge in [-0.05, 0) is 38.8 Å². The van der Waals surface area contributed by atoms with Gasteiger partial charge in [-0.1, -0.05) is 31.5 Å². The van der Waals surface area contributed by atoms with Crippen LogP contribution in [-0.4, -0.2) is 11.8 Å². The van der Waals surface area contributed by atoms with Crippen molar-refractivity contribution in [2.24, 2.45) is 0 Å². The van der Waals surface area contributed by atoms with Gasteiger partial charge in [0.1, 0.15) is 11.4 Å². The summed E-state index contributed by atoms with van der Waals surface area (Å²) in [5.41, 5.74) is 0.498. The van der Waals surface area contributed by atoms with Crippen molar-refractivity contribution >= 4 is 6.16 Å². The average molecular weight is 236 g/mol. The summed E-state index contributed by atoms with van der Waals surface area (Å²) in [4.78, 5) is 11.5. The molecule has 0 aromatic heterocycles. The summed E-state index contributed by atoms with van der Waals surface area (Å²) in [7, 11) is 0. The first-order valence-corrected chi connectivity index (χ1v) is 5.91. The standard InChI is InChI=1S/C14H20O3/c1-5-8-11-9-6-7-10-12(11)16-13(15)17-14(2,3)4/h6-7,9-10H,5,8H2,1-4H3. The molecule has 0 fully saturated rings. The van der Waals surface area contributed by atoms with Crippen LogP contribution in [0, 0.1) is 0 Å². The number of para-hydroxylation sites is 1. The highest BCUT2D eigenvalue weighted by atomic mass is 16.7. The Hall–Kier alpha value is -1.51. The molecule has 0 aliphatic heterocycles. The Kier molecular flexibility index (Phi) is 4.55. The van der Waals surface area contributed by atoms with Crippen LogP contribution in [0.15, 0.2) is 24.3 Å². The Balaban J connectivity index is 2.71. The fourth-order valence-electron chi connectivity index (χ4n) is 1.44. The van der Waals surface area contributed by atoms with E-state index in [0.29, 0.717) is 5.75 Å². The molecule has 0 bridgehead atoms. The molecule has 3 heteroatoms. The van der Waals surface area contributed by atoms with E-state index in [-0.39, 0.29) is 0 Å². The molecule has 0 amide bonds. The average Bonchev–Trinajstić information content (AvgIpc) is 2.18. The van der Waals surface area contributed by atoms with Crippen molar-refractivity contribution in [2.75, 3.05) is 0 Å². The third kappa shape index (κ3) is 4.89. The fraction of sp³-hybridized carbons (Fsp3) is 0.500. The maximum atomic E-state index is 11.5. The van der Waals surface area contributed by atoms with Gasteiger partial charge in [0.15, 0.2) is 0 Å². The molecule has 0 aliphatic carbocycles.